The van der Waals surface area contributed by atoms with Crippen molar-refractivity contribution >= 4 is 40.0 Å². The van der Waals surface area contributed by atoms with Crippen LogP contribution in [0.25, 0.3) is 10.9 Å². The number of hydrogen-bond acceptors (Lipinski definition) is 6. The average molecular weight is 489 g/mol. The molecule has 0 spiro atoms. The zero-order valence-electron chi connectivity index (χ0n) is 18.2. The molecule has 0 saturated heterocycles. The summed E-state index contributed by atoms with van der Waals surface area (Å²) in [6.07, 6.45) is 4.60. The molecule has 1 saturated carbocycles. The topological polar surface area (TPSA) is 157 Å². The fourth-order valence-corrected chi connectivity index (χ4v) is 3.84. The third kappa shape index (κ3) is 6.03. The van der Waals surface area contributed by atoms with Gasteiger partial charge in [-0.25, -0.2) is 4.79 Å². The monoisotopic (exact) mass is 488 g/mol. The van der Waals surface area contributed by atoms with Crippen molar-refractivity contribution in [3.8, 4) is 5.75 Å². The molecule has 4 rings (SSSR count). The zero-order valence-corrected chi connectivity index (χ0v) is 19.0. The number of fused-ring (bicyclic) bond motifs is 1. The van der Waals surface area contributed by atoms with Crippen LogP contribution < -0.4 is 22.3 Å². The number of amides is 2. The van der Waals surface area contributed by atoms with Crippen LogP contribution in [0.1, 0.15) is 25.7 Å². The number of para-hydroxylation sites is 1. The van der Waals surface area contributed by atoms with Crippen LogP contribution in [0.3, 0.4) is 0 Å². The number of halogens is 1. The lowest BCUT2D eigenvalue weighted by atomic mass is 10.2. The number of carbonyl (C=O) groups is 2. The number of phenols is 1. The Morgan fingerprint density at radius 1 is 1.06 bits per heavy atom. The van der Waals surface area contributed by atoms with Crippen LogP contribution in [0.5, 0.6) is 5.75 Å². The summed E-state index contributed by atoms with van der Waals surface area (Å²) in [7, 11) is 0. The van der Waals surface area contributed by atoms with Crippen LogP contribution in [0.4, 0.5) is 5.69 Å². The van der Waals surface area contributed by atoms with Gasteiger partial charge in [-0.2, -0.15) is 0 Å². The number of nitrogens with one attached hydrogen (secondary N) is 1. The van der Waals surface area contributed by atoms with Crippen molar-refractivity contribution < 1.29 is 19.8 Å². The summed E-state index contributed by atoms with van der Waals surface area (Å²) in [5.74, 6) is -1.71. The second kappa shape index (κ2) is 11.0. The predicted octanol–water partition coefficient (Wildman–Crippen LogP) is 1.57. The molecule has 1 heterocycles. The first kappa shape index (κ1) is 25.0. The van der Waals surface area contributed by atoms with Gasteiger partial charge in [-0.3, -0.25) is 23.5 Å². The highest BCUT2D eigenvalue weighted by atomic mass is 35.5. The van der Waals surface area contributed by atoms with Crippen molar-refractivity contribution in [2.75, 3.05) is 5.32 Å². The molecule has 0 unspecified atom stereocenters. The van der Waals surface area contributed by atoms with Gasteiger partial charge >= 0.3 is 5.69 Å². The van der Waals surface area contributed by atoms with E-state index in [4.69, 9.17) is 22.4 Å². The molecule has 0 bridgehead atoms. The number of aliphatic hydroxyl groups is 1. The van der Waals surface area contributed by atoms with Crippen LogP contribution in [0, 0.1) is 0 Å². The van der Waals surface area contributed by atoms with E-state index in [1.807, 2.05) is 0 Å². The highest BCUT2D eigenvalue weighted by molar-refractivity contribution is 6.31. The van der Waals surface area contributed by atoms with Crippen molar-refractivity contribution in [3.63, 3.8) is 0 Å². The summed E-state index contributed by atoms with van der Waals surface area (Å²) < 4.78 is 1.73. The van der Waals surface area contributed by atoms with Crippen LogP contribution in [-0.4, -0.2) is 37.3 Å². The number of phenolic OH excluding ortho intramolecular Hbond substituents is 1. The second-order valence-corrected chi connectivity index (χ2v) is 8.33. The van der Waals surface area contributed by atoms with Gasteiger partial charge in [0.1, 0.15) is 18.8 Å². The number of carbonyl (C=O) groups excluding carboxylic acids is 2. The van der Waals surface area contributed by atoms with Crippen molar-refractivity contribution in [1.29, 1.82) is 0 Å². The van der Waals surface area contributed by atoms with Gasteiger partial charge < -0.3 is 21.3 Å². The lowest BCUT2D eigenvalue weighted by molar-refractivity contribution is -0.118. The summed E-state index contributed by atoms with van der Waals surface area (Å²) >= 11 is 5.85. The number of primary amides is 1. The summed E-state index contributed by atoms with van der Waals surface area (Å²) in [6.45, 7) is -1.08. The molecule has 2 aromatic carbocycles. The predicted molar refractivity (Wildman–Crippen MR) is 128 cm³/mol. The lowest BCUT2D eigenvalue weighted by Crippen LogP contribution is -2.44. The molecule has 2 amide bonds. The molecule has 34 heavy (non-hydrogen) atoms. The quantitative estimate of drug-likeness (QED) is 0.399. The molecule has 1 fully saturated rings. The van der Waals surface area contributed by atoms with E-state index >= 15 is 0 Å². The number of benzene rings is 2. The molecule has 5 N–H and O–H groups in total. The molecule has 180 valence electrons. The number of anilines is 1. The van der Waals surface area contributed by atoms with Crippen LogP contribution >= 0.6 is 11.6 Å². The smallest absolute Gasteiger partial charge is 0.332 e. The van der Waals surface area contributed by atoms with E-state index in [0.29, 0.717) is 9.59 Å². The Kier molecular flexibility index (Phi) is 8.08. The van der Waals surface area contributed by atoms with Crippen LogP contribution in [-0.2, 0) is 22.7 Å². The molecule has 1 aromatic heterocycles. The number of aromatic nitrogens is 2. The molecule has 0 atom stereocenters. The fourth-order valence-electron chi connectivity index (χ4n) is 3.66. The summed E-state index contributed by atoms with van der Waals surface area (Å²) in [4.78, 5) is 48.9. The Morgan fingerprint density at radius 3 is 2.35 bits per heavy atom. The maximum Gasteiger partial charge on any atom is 0.332 e. The van der Waals surface area contributed by atoms with Crippen LogP contribution in [0.2, 0.25) is 5.02 Å². The lowest BCUT2D eigenvalue weighted by Gasteiger charge is -2.14. The molecular weight excluding hydrogens is 464 g/mol. The highest BCUT2D eigenvalue weighted by Crippen LogP contribution is 2.26. The SMILES string of the molecule is NC(=O)Cn1c(=O)c2ccccc2n(CC(=O)Nc2cc(Cl)ccc2O)c1=O.OC1CCCC1. The van der Waals surface area contributed by atoms with Gasteiger partial charge in [0.15, 0.2) is 0 Å². The Bertz CT molecular complexity index is 1330. The van der Waals surface area contributed by atoms with Gasteiger partial charge in [0, 0.05) is 5.02 Å². The number of rotatable bonds is 5. The Labute approximate surface area is 199 Å². The Morgan fingerprint density at radius 2 is 1.74 bits per heavy atom. The first-order valence-electron chi connectivity index (χ1n) is 10.6. The standard InChI is InChI=1S/C18H15ClN4O5.C5H10O/c19-10-5-6-14(24)12(7-10)21-16(26)9-22-13-4-2-1-3-11(13)17(27)23(18(22)28)8-15(20)25;6-5-3-1-2-4-5/h1-7,24H,8-9H2,(H2,20,25)(H,21,26);5-6H,1-4H2. The minimum atomic E-state index is -0.866. The molecular formula is C23H25ClN4O6. The van der Waals surface area contributed by atoms with E-state index in [0.717, 1.165) is 17.4 Å². The van der Waals surface area contributed by atoms with E-state index in [-0.39, 0.29) is 28.4 Å². The van der Waals surface area contributed by atoms with E-state index in [9.17, 15) is 24.3 Å². The highest BCUT2D eigenvalue weighted by Gasteiger charge is 2.17. The molecule has 0 radical (unpaired) electrons. The maximum atomic E-state index is 12.7. The van der Waals surface area contributed by atoms with Crippen molar-refractivity contribution in [2.24, 2.45) is 5.73 Å². The van der Waals surface area contributed by atoms with E-state index < -0.39 is 36.2 Å². The Balaban J connectivity index is 0.000000469. The van der Waals surface area contributed by atoms with Gasteiger partial charge in [-0.15, -0.1) is 0 Å². The number of hydrogen-bond donors (Lipinski definition) is 4. The first-order valence-corrected chi connectivity index (χ1v) is 11.0. The van der Waals surface area contributed by atoms with Gasteiger partial charge in [0.25, 0.3) is 5.56 Å². The van der Waals surface area contributed by atoms with Gasteiger partial charge in [-0.05, 0) is 43.2 Å². The molecule has 11 heteroatoms. The summed E-state index contributed by atoms with van der Waals surface area (Å²) in [5.41, 5.74) is 3.89. The van der Waals surface area contributed by atoms with Crippen molar-refractivity contribution in [3.05, 3.63) is 68.3 Å². The van der Waals surface area contributed by atoms with E-state index in [2.05, 4.69) is 5.32 Å². The Hall–Kier alpha value is -3.63. The minimum absolute atomic E-state index is 0.0463. The molecule has 1 aliphatic rings. The maximum absolute atomic E-state index is 12.7. The second-order valence-electron chi connectivity index (χ2n) is 7.89. The first-order chi connectivity index (χ1) is 16.2. The van der Waals surface area contributed by atoms with E-state index in [1.54, 1.807) is 12.1 Å². The normalized spacial score (nSPS) is 13.4. The van der Waals surface area contributed by atoms with Gasteiger partial charge in [0.05, 0.1) is 22.7 Å². The van der Waals surface area contributed by atoms with Gasteiger partial charge in [0.2, 0.25) is 11.8 Å². The number of nitrogens with zero attached hydrogens (tertiary/aromatic N) is 2. The molecule has 1 aliphatic carbocycles. The third-order valence-corrected chi connectivity index (χ3v) is 5.54. The number of aromatic hydroxyl groups is 1. The fraction of sp³-hybridized carbons (Fsp3) is 0.304. The molecule has 3 aromatic rings. The number of aliphatic hydroxyl groups excluding tert-OH is 1. The number of nitrogens with two attached hydrogens (primary N) is 1. The van der Waals surface area contributed by atoms with Crippen molar-refractivity contribution in [1.82, 2.24) is 9.13 Å². The zero-order chi connectivity index (χ0) is 24.8. The largest absolute Gasteiger partial charge is 0.506 e. The van der Waals surface area contributed by atoms with Gasteiger partial charge in [-0.1, -0.05) is 36.6 Å². The summed E-state index contributed by atoms with van der Waals surface area (Å²) in [6, 6.07) is 10.3. The minimum Gasteiger partial charge on any atom is -0.506 e. The average Bonchev–Trinajstić information content (AvgIpc) is 3.28. The summed E-state index contributed by atoms with van der Waals surface area (Å²) in [5, 5.41) is 21.5. The van der Waals surface area contributed by atoms with Crippen LogP contribution in [0.15, 0.2) is 52.1 Å². The molecule has 0 aliphatic heterocycles. The molecule has 10 nitrogen and oxygen atoms in total. The third-order valence-electron chi connectivity index (χ3n) is 5.31. The van der Waals surface area contributed by atoms with Crippen molar-refractivity contribution in [2.45, 2.75) is 44.9 Å². The van der Waals surface area contributed by atoms with E-state index in [1.165, 1.54) is 43.2 Å².